The summed E-state index contributed by atoms with van der Waals surface area (Å²) in [6, 6.07) is 7.78. The molecule has 0 aliphatic carbocycles. The Morgan fingerprint density at radius 1 is 1.42 bits per heavy atom. The molecule has 19 heavy (non-hydrogen) atoms. The van der Waals surface area contributed by atoms with Crippen molar-refractivity contribution in [2.45, 2.75) is 32.2 Å². The van der Waals surface area contributed by atoms with Gasteiger partial charge in [-0.25, -0.2) is 0 Å². The third kappa shape index (κ3) is 2.91. The van der Waals surface area contributed by atoms with Crippen molar-refractivity contribution in [1.29, 1.82) is 0 Å². The van der Waals surface area contributed by atoms with Gasteiger partial charge in [-0.3, -0.25) is 9.59 Å². The van der Waals surface area contributed by atoms with Crippen LogP contribution in [0, 0.1) is 3.57 Å². The fourth-order valence-electron chi connectivity index (χ4n) is 2.17. The van der Waals surface area contributed by atoms with Gasteiger partial charge >= 0.3 is 0 Å². The van der Waals surface area contributed by atoms with Gasteiger partial charge in [-0.05, 0) is 54.1 Å². The number of halogens is 1. The summed E-state index contributed by atoms with van der Waals surface area (Å²) in [7, 11) is 0. The van der Waals surface area contributed by atoms with Crippen molar-refractivity contribution in [2.75, 3.05) is 11.4 Å². The molecule has 1 aromatic carbocycles. The van der Waals surface area contributed by atoms with Crippen LogP contribution in [0.1, 0.15) is 26.7 Å². The number of nitrogens with zero attached hydrogens (tertiary/aromatic N) is 1. The van der Waals surface area contributed by atoms with Crippen LogP contribution >= 0.6 is 22.6 Å². The fraction of sp³-hybridized carbons (Fsp3) is 0.429. The van der Waals surface area contributed by atoms with Crippen molar-refractivity contribution in [3.8, 4) is 0 Å². The Bertz CT molecular complexity index is 518. The third-order valence-corrected chi connectivity index (χ3v) is 4.19. The summed E-state index contributed by atoms with van der Waals surface area (Å²) >= 11 is 2.22. The molecule has 1 N–H and O–H groups in total. The molecule has 1 saturated heterocycles. The largest absolute Gasteiger partial charge is 0.342 e. The molecule has 1 fully saturated rings. The van der Waals surface area contributed by atoms with Gasteiger partial charge in [0.05, 0.1) is 0 Å². The van der Waals surface area contributed by atoms with Crippen LogP contribution < -0.4 is 10.2 Å². The molecular formula is C14H17IN2O2. The molecule has 0 spiro atoms. The second-order valence-corrected chi connectivity index (χ2v) is 6.17. The SMILES string of the molecule is CCC1(C)NC(=O)CCN(c2cccc(I)c2)C1=O. The number of carbonyl (C=O) groups excluding carboxylic acids is 2. The summed E-state index contributed by atoms with van der Waals surface area (Å²) in [5.74, 6) is -0.103. The standard InChI is InChI=1S/C14H17IN2O2/c1-3-14(2)13(19)17(8-7-12(18)16-14)11-6-4-5-10(15)9-11/h4-6,9H,3,7-8H2,1-2H3,(H,16,18). The van der Waals surface area contributed by atoms with E-state index in [-0.39, 0.29) is 11.8 Å². The van der Waals surface area contributed by atoms with Gasteiger partial charge in [0.2, 0.25) is 5.91 Å². The van der Waals surface area contributed by atoms with Crippen LogP contribution in [0.3, 0.4) is 0 Å². The number of hydrogen-bond acceptors (Lipinski definition) is 2. The number of carbonyl (C=O) groups is 2. The van der Waals surface area contributed by atoms with Crippen molar-refractivity contribution in [1.82, 2.24) is 5.32 Å². The van der Waals surface area contributed by atoms with Crippen LogP contribution in [-0.2, 0) is 9.59 Å². The first-order valence-corrected chi connectivity index (χ1v) is 7.43. The van der Waals surface area contributed by atoms with Crippen LogP contribution in [0.2, 0.25) is 0 Å². The van der Waals surface area contributed by atoms with Crippen LogP contribution in [0.4, 0.5) is 5.69 Å². The lowest BCUT2D eigenvalue weighted by Crippen LogP contribution is -2.54. The molecule has 0 radical (unpaired) electrons. The molecule has 2 rings (SSSR count). The lowest BCUT2D eigenvalue weighted by molar-refractivity contribution is -0.129. The van der Waals surface area contributed by atoms with Crippen molar-refractivity contribution in [3.63, 3.8) is 0 Å². The number of amides is 2. The van der Waals surface area contributed by atoms with Gasteiger partial charge in [-0.15, -0.1) is 0 Å². The van der Waals surface area contributed by atoms with E-state index < -0.39 is 5.54 Å². The Kier molecular flexibility index (Phi) is 4.13. The highest BCUT2D eigenvalue weighted by Crippen LogP contribution is 2.24. The first kappa shape index (κ1) is 14.3. The van der Waals surface area contributed by atoms with Crippen LogP contribution in [0.15, 0.2) is 24.3 Å². The normalized spacial score (nSPS) is 24.1. The Labute approximate surface area is 126 Å². The number of benzene rings is 1. The smallest absolute Gasteiger partial charge is 0.252 e. The molecule has 0 bridgehead atoms. The van der Waals surface area contributed by atoms with Gasteiger partial charge in [0.25, 0.3) is 5.91 Å². The maximum atomic E-state index is 12.7. The molecule has 1 aliphatic heterocycles. The number of hydrogen-bond donors (Lipinski definition) is 1. The van der Waals surface area contributed by atoms with E-state index in [2.05, 4.69) is 27.9 Å². The summed E-state index contributed by atoms with van der Waals surface area (Å²) in [5.41, 5.74) is 0.0440. The van der Waals surface area contributed by atoms with Gasteiger partial charge < -0.3 is 10.2 Å². The molecule has 1 heterocycles. The second kappa shape index (κ2) is 5.48. The molecule has 0 saturated carbocycles. The van der Waals surface area contributed by atoms with E-state index in [9.17, 15) is 9.59 Å². The van der Waals surface area contributed by atoms with E-state index in [1.165, 1.54) is 0 Å². The molecule has 4 nitrogen and oxygen atoms in total. The first-order valence-electron chi connectivity index (χ1n) is 6.35. The molecule has 0 aromatic heterocycles. The second-order valence-electron chi connectivity index (χ2n) is 4.92. The van der Waals surface area contributed by atoms with E-state index in [0.717, 1.165) is 9.26 Å². The maximum Gasteiger partial charge on any atom is 0.252 e. The first-order chi connectivity index (χ1) is 8.96. The monoisotopic (exact) mass is 372 g/mol. The van der Waals surface area contributed by atoms with Crippen molar-refractivity contribution >= 4 is 40.1 Å². The lowest BCUT2D eigenvalue weighted by atomic mass is 9.97. The summed E-state index contributed by atoms with van der Waals surface area (Å²) in [6.07, 6.45) is 0.921. The zero-order valence-electron chi connectivity index (χ0n) is 11.1. The Morgan fingerprint density at radius 3 is 2.79 bits per heavy atom. The molecule has 1 atom stereocenters. The van der Waals surface area contributed by atoms with Gasteiger partial charge in [-0.1, -0.05) is 13.0 Å². The minimum Gasteiger partial charge on any atom is -0.342 e. The van der Waals surface area contributed by atoms with Gasteiger partial charge in [0, 0.05) is 22.2 Å². The van der Waals surface area contributed by atoms with E-state index in [1.807, 2.05) is 31.2 Å². The summed E-state index contributed by atoms with van der Waals surface area (Å²) < 4.78 is 1.07. The average molecular weight is 372 g/mol. The minimum atomic E-state index is -0.811. The topological polar surface area (TPSA) is 49.4 Å². The van der Waals surface area contributed by atoms with Gasteiger partial charge in [0.15, 0.2) is 0 Å². The summed E-state index contributed by atoms with van der Waals surface area (Å²) in [5, 5.41) is 2.84. The predicted octanol–water partition coefficient (Wildman–Crippen LogP) is 2.31. The van der Waals surface area contributed by atoms with Crippen LogP contribution in [0.25, 0.3) is 0 Å². The Hall–Kier alpha value is -1.11. The van der Waals surface area contributed by atoms with E-state index in [0.29, 0.717) is 19.4 Å². The van der Waals surface area contributed by atoms with E-state index >= 15 is 0 Å². The molecular weight excluding hydrogens is 355 g/mol. The number of rotatable bonds is 2. The fourth-order valence-corrected chi connectivity index (χ4v) is 2.69. The third-order valence-electron chi connectivity index (χ3n) is 3.52. The highest BCUT2D eigenvalue weighted by Gasteiger charge is 2.39. The zero-order chi connectivity index (χ0) is 14.0. The van der Waals surface area contributed by atoms with E-state index in [1.54, 1.807) is 11.8 Å². The van der Waals surface area contributed by atoms with Crippen molar-refractivity contribution in [2.24, 2.45) is 0 Å². The maximum absolute atomic E-state index is 12.7. The number of anilines is 1. The molecule has 1 unspecified atom stereocenters. The predicted molar refractivity (Wildman–Crippen MR) is 83.0 cm³/mol. The Morgan fingerprint density at radius 2 is 2.16 bits per heavy atom. The van der Waals surface area contributed by atoms with E-state index in [4.69, 9.17) is 0 Å². The zero-order valence-corrected chi connectivity index (χ0v) is 13.2. The molecule has 1 aliphatic rings. The van der Waals surface area contributed by atoms with Gasteiger partial charge in [-0.2, -0.15) is 0 Å². The van der Waals surface area contributed by atoms with Crippen molar-refractivity contribution in [3.05, 3.63) is 27.8 Å². The summed E-state index contributed by atoms with van der Waals surface area (Å²) in [6.45, 7) is 4.14. The van der Waals surface area contributed by atoms with Crippen LogP contribution in [-0.4, -0.2) is 23.9 Å². The highest BCUT2D eigenvalue weighted by molar-refractivity contribution is 14.1. The molecule has 2 amide bonds. The van der Waals surface area contributed by atoms with Crippen molar-refractivity contribution < 1.29 is 9.59 Å². The van der Waals surface area contributed by atoms with Gasteiger partial charge in [0.1, 0.15) is 5.54 Å². The molecule has 1 aromatic rings. The number of nitrogens with one attached hydrogen (secondary N) is 1. The quantitative estimate of drug-likeness (QED) is 0.811. The molecule has 102 valence electrons. The summed E-state index contributed by atoms with van der Waals surface area (Å²) in [4.78, 5) is 26.1. The highest BCUT2D eigenvalue weighted by atomic mass is 127. The molecule has 5 heteroatoms. The lowest BCUT2D eigenvalue weighted by Gasteiger charge is -2.31. The minimum absolute atomic E-state index is 0.0390. The van der Waals surface area contributed by atoms with Crippen LogP contribution in [0.5, 0.6) is 0 Å². The Balaban J connectivity index is 2.39. The average Bonchev–Trinajstić information content (AvgIpc) is 2.48.